The van der Waals surface area contributed by atoms with Crippen molar-refractivity contribution in [2.24, 2.45) is 11.8 Å². The van der Waals surface area contributed by atoms with Crippen molar-refractivity contribution in [3.8, 4) is 0 Å². The van der Waals surface area contributed by atoms with E-state index in [9.17, 15) is 0 Å². The molecule has 1 aromatic rings. The molecule has 0 bridgehead atoms. The molecule has 0 amide bonds. The van der Waals surface area contributed by atoms with Gasteiger partial charge in [-0.2, -0.15) is 15.0 Å². The number of nitrogen functional groups attached to an aromatic ring is 1. The van der Waals surface area contributed by atoms with Crippen LogP contribution in [0.1, 0.15) is 91.9 Å². The van der Waals surface area contributed by atoms with Crippen LogP contribution in [0.5, 0.6) is 0 Å². The summed E-state index contributed by atoms with van der Waals surface area (Å²) in [6.45, 7) is 13.6. The summed E-state index contributed by atoms with van der Waals surface area (Å²) in [6, 6.07) is 0. The van der Waals surface area contributed by atoms with Gasteiger partial charge >= 0.3 is 0 Å². The minimum atomic E-state index is 0.214. The average Bonchev–Trinajstić information content (AvgIpc) is 2.82. The number of nitrogens with one attached hydrogen (secondary N) is 2. The third-order valence-corrected chi connectivity index (χ3v) is 5.94. The van der Waals surface area contributed by atoms with Gasteiger partial charge in [0.2, 0.25) is 17.8 Å². The highest BCUT2D eigenvalue weighted by Gasteiger charge is 2.07. The number of anilines is 3. The molecule has 8 nitrogen and oxygen atoms in total. The lowest BCUT2D eigenvalue weighted by Crippen LogP contribution is -2.15. The lowest BCUT2D eigenvalue weighted by molar-refractivity contribution is 0.0937. The van der Waals surface area contributed by atoms with Gasteiger partial charge in [0, 0.05) is 39.5 Å². The zero-order valence-corrected chi connectivity index (χ0v) is 21.7. The lowest BCUT2D eigenvalue weighted by Gasteiger charge is -2.15. The van der Waals surface area contributed by atoms with E-state index in [-0.39, 0.29) is 5.95 Å². The number of ether oxygens (including phenoxy) is 2. The molecule has 0 aliphatic heterocycles. The first-order valence-corrected chi connectivity index (χ1v) is 13.3. The highest BCUT2D eigenvalue weighted by molar-refractivity contribution is 5.39. The number of hydrogen-bond donors (Lipinski definition) is 3. The van der Waals surface area contributed by atoms with Crippen molar-refractivity contribution in [1.29, 1.82) is 0 Å². The summed E-state index contributed by atoms with van der Waals surface area (Å²) < 4.78 is 11.7. The molecular formula is C25H50N6O2. The maximum atomic E-state index is 5.85. The molecule has 0 aromatic carbocycles. The first-order chi connectivity index (χ1) is 16.1. The van der Waals surface area contributed by atoms with Crippen LogP contribution >= 0.6 is 0 Å². The molecule has 4 N–H and O–H groups in total. The van der Waals surface area contributed by atoms with E-state index in [0.717, 1.165) is 52.4 Å². The molecule has 0 radical (unpaired) electrons. The molecular weight excluding hydrogens is 416 g/mol. The van der Waals surface area contributed by atoms with Crippen molar-refractivity contribution in [3.63, 3.8) is 0 Å². The Balaban J connectivity index is 2.20. The molecule has 2 unspecified atom stereocenters. The van der Waals surface area contributed by atoms with Gasteiger partial charge in [0.05, 0.1) is 0 Å². The minimum Gasteiger partial charge on any atom is -0.381 e. The summed E-state index contributed by atoms with van der Waals surface area (Å²) in [4.78, 5) is 12.8. The van der Waals surface area contributed by atoms with E-state index in [1.54, 1.807) is 0 Å². The number of aromatic nitrogens is 3. The van der Waals surface area contributed by atoms with Crippen LogP contribution in [0.15, 0.2) is 0 Å². The van der Waals surface area contributed by atoms with Crippen LogP contribution in [-0.4, -0.2) is 54.5 Å². The summed E-state index contributed by atoms with van der Waals surface area (Å²) in [5.41, 5.74) is 5.85. The second-order valence-corrected chi connectivity index (χ2v) is 8.88. The van der Waals surface area contributed by atoms with Gasteiger partial charge in [-0.3, -0.25) is 0 Å². The van der Waals surface area contributed by atoms with Gasteiger partial charge in [0.25, 0.3) is 0 Å². The van der Waals surface area contributed by atoms with Crippen LogP contribution in [0, 0.1) is 11.8 Å². The molecule has 0 saturated heterocycles. The predicted octanol–water partition coefficient (Wildman–Crippen LogP) is 5.52. The van der Waals surface area contributed by atoms with E-state index in [0.29, 0.717) is 23.7 Å². The standard InChI is InChI=1S/C25H50N6O2/c1-5-9-13-21(7-3)19-32-17-11-15-27-24-29-23(26)30-25(31-24)28-16-12-18-33-20-22(8-4)14-10-6-2/h21-22H,5-20H2,1-4H3,(H4,26,27,28,29,30,31). The molecule has 192 valence electrons. The van der Waals surface area contributed by atoms with Gasteiger partial charge < -0.3 is 25.8 Å². The Morgan fingerprint density at radius 3 is 1.55 bits per heavy atom. The Morgan fingerprint density at radius 2 is 1.15 bits per heavy atom. The Bertz CT molecular complexity index is 544. The van der Waals surface area contributed by atoms with Crippen molar-refractivity contribution >= 4 is 17.8 Å². The Labute approximate surface area is 202 Å². The topological polar surface area (TPSA) is 107 Å². The molecule has 0 aliphatic rings. The highest BCUT2D eigenvalue weighted by atomic mass is 16.5. The fourth-order valence-electron chi connectivity index (χ4n) is 3.60. The molecule has 1 heterocycles. The maximum absolute atomic E-state index is 5.85. The molecule has 0 spiro atoms. The molecule has 0 aliphatic carbocycles. The summed E-state index contributed by atoms with van der Waals surface area (Å²) in [7, 11) is 0. The average molecular weight is 467 g/mol. The van der Waals surface area contributed by atoms with E-state index in [4.69, 9.17) is 15.2 Å². The largest absolute Gasteiger partial charge is 0.381 e. The van der Waals surface area contributed by atoms with E-state index in [2.05, 4.69) is 53.3 Å². The third-order valence-electron chi connectivity index (χ3n) is 5.94. The summed E-state index contributed by atoms with van der Waals surface area (Å²) in [5.74, 6) is 2.56. The molecule has 0 fully saturated rings. The Hall–Kier alpha value is -1.67. The van der Waals surface area contributed by atoms with Crippen LogP contribution < -0.4 is 16.4 Å². The number of nitrogens with two attached hydrogens (primary N) is 1. The highest BCUT2D eigenvalue weighted by Crippen LogP contribution is 2.14. The number of rotatable bonds is 22. The maximum Gasteiger partial charge on any atom is 0.229 e. The van der Waals surface area contributed by atoms with Gasteiger partial charge in [-0.05, 0) is 37.5 Å². The van der Waals surface area contributed by atoms with Crippen molar-refractivity contribution in [3.05, 3.63) is 0 Å². The van der Waals surface area contributed by atoms with Crippen LogP contribution in [0.4, 0.5) is 17.8 Å². The second kappa shape index (κ2) is 19.8. The fourth-order valence-corrected chi connectivity index (χ4v) is 3.60. The SMILES string of the molecule is CCCCC(CC)COCCCNc1nc(N)nc(NCCCOCC(CC)CCCC)n1. The van der Waals surface area contributed by atoms with Gasteiger partial charge in [0.1, 0.15) is 0 Å². The monoisotopic (exact) mass is 466 g/mol. The first kappa shape index (κ1) is 29.4. The van der Waals surface area contributed by atoms with Crippen LogP contribution in [0.25, 0.3) is 0 Å². The fraction of sp³-hybridized carbons (Fsp3) is 0.880. The zero-order valence-electron chi connectivity index (χ0n) is 21.7. The summed E-state index contributed by atoms with van der Waals surface area (Å²) >= 11 is 0. The number of unbranched alkanes of at least 4 members (excludes halogenated alkanes) is 2. The molecule has 1 aromatic heterocycles. The number of hydrogen-bond acceptors (Lipinski definition) is 8. The molecule has 33 heavy (non-hydrogen) atoms. The van der Waals surface area contributed by atoms with E-state index >= 15 is 0 Å². The molecule has 8 heteroatoms. The summed E-state index contributed by atoms with van der Waals surface area (Å²) in [5, 5.41) is 6.44. The Morgan fingerprint density at radius 1 is 0.697 bits per heavy atom. The van der Waals surface area contributed by atoms with E-state index in [1.807, 2.05) is 0 Å². The van der Waals surface area contributed by atoms with E-state index in [1.165, 1.54) is 51.4 Å². The predicted molar refractivity (Wildman–Crippen MR) is 139 cm³/mol. The summed E-state index contributed by atoms with van der Waals surface area (Å²) in [6.07, 6.45) is 11.7. The smallest absolute Gasteiger partial charge is 0.229 e. The minimum absolute atomic E-state index is 0.214. The first-order valence-electron chi connectivity index (χ1n) is 13.3. The van der Waals surface area contributed by atoms with Crippen LogP contribution in [0.3, 0.4) is 0 Å². The quantitative estimate of drug-likeness (QED) is 0.192. The van der Waals surface area contributed by atoms with Crippen molar-refractivity contribution < 1.29 is 9.47 Å². The van der Waals surface area contributed by atoms with Gasteiger partial charge in [-0.15, -0.1) is 0 Å². The Kier molecular flexibility index (Phi) is 17.6. The van der Waals surface area contributed by atoms with Crippen molar-refractivity contribution in [2.75, 3.05) is 55.9 Å². The van der Waals surface area contributed by atoms with Crippen LogP contribution in [-0.2, 0) is 9.47 Å². The number of nitrogens with zero attached hydrogens (tertiary/aromatic N) is 3. The zero-order chi connectivity index (χ0) is 24.2. The third kappa shape index (κ3) is 15.0. The van der Waals surface area contributed by atoms with Crippen molar-refractivity contribution in [1.82, 2.24) is 15.0 Å². The van der Waals surface area contributed by atoms with Crippen LogP contribution in [0.2, 0.25) is 0 Å². The molecule has 0 saturated carbocycles. The van der Waals surface area contributed by atoms with Gasteiger partial charge in [-0.1, -0.05) is 66.2 Å². The lowest BCUT2D eigenvalue weighted by atomic mass is 10.0. The van der Waals surface area contributed by atoms with Gasteiger partial charge in [0.15, 0.2) is 0 Å². The molecule has 1 rings (SSSR count). The second-order valence-electron chi connectivity index (χ2n) is 8.88. The van der Waals surface area contributed by atoms with Crippen molar-refractivity contribution in [2.45, 2.75) is 91.9 Å². The van der Waals surface area contributed by atoms with Gasteiger partial charge in [-0.25, -0.2) is 0 Å². The van der Waals surface area contributed by atoms with E-state index < -0.39 is 0 Å². The molecule has 2 atom stereocenters. The normalized spacial score (nSPS) is 13.1.